The summed E-state index contributed by atoms with van der Waals surface area (Å²) in [6.07, 6.45) is 0. The van der Waals surface area contributed by atoms with E-state index in [1.54, 1.807) is 13.0 Å². The SMILES string of the molecule is Cc1noc([C@@H]2CN(Cc3ccc(F)cc3C#N)CCN2C)n1. The van der Waals surface area contributed by atoms with Crippen LogP contribution in [0.1, 0.15) is 28.9 Å². The van der Waals surface area contributed by atoms with Gasteiger partial charge in [-0.15, -0.1) is 0 Å². The predicted molar refractivity (Wildman–Crippen MR) is 80.8 cm³/mol. The Bertz CT molecular complexity index is 738. The number of halogens is 1. The smallest absolute Gasteiger partial charge is 0.245 e. The van der Waals surface area contributed by atoms with Crippen molar-refractivity contribution in [3.63, 3.8) is 0 Å². The number of nitrogens with zero attached hydrogens (tertiary/aromatic N) is 5. The van der Waals surface area contributed by atoms with Crippen LogP contribution >= 0.6 is 0 Å². The van der Waals surface area contributed by atoms with Crippen molar-refractivity contribution in [1.29, 1.82) is 5.26 Å². The molecule has 0 bridgehead atoms. The monoisotopic (exact) mass is 315 g/mol. The van der Waals surface area contributed by atoms with Gasteiger partial charge in [0, 0.05) is 26.2 Å². The maximum Gasteiger partial charge on any atom is 0.245 e. The molecule has 0 unspecified atom stereocenters. The predicted octanol–water partition coefficient (Wildman–Crippen LogP) is 1.88. The summed E-state index contributed by atoms with van der Waals surface area (Å²) in [6.45, 7) is 4.84. The first-order valence-corrected chi connectivity index (χ1v) is 7.48. The quantitative estimate of drug-likeness (QED) is 0.861. The van der Waals surface area contributed by atoms with Crippen molar-refractivity contribution in [1.82, 2.24) is 19.9 Å². The first-order valence-electron chi connectivity index (χ1n) is 7.48. The number of hydrogen-bond donors (Lipinski definition) is 0. The molecule has 1 aromatic carbocycles. The number of likely N-dealkylation sites (N-methyl/N-ethyl adjacent to an activating group) is 1. The van der Waals surface area contributed by atoms with Crippen LogP contribution in [0.4, 0.5) is 4.39 Å². The summed E-state index contributed by atoms with van der Waals surface area (Å²) in [6, 6.07) is 6.44. The van der Waals surface area contributed by atoms with Crippen LogP contribution in [0.2, 0.25) is 0 Å². The van der Waals surface area contributed by atoms with E-state index in [2.05, 4.69) is 26.0 Å². The zero-order chi connectivity index (χ0) is 16.4. The zero-order valence-electron chi connectivity index (χ0n) is 13.2. The summed E-state index contributed by atoms with van der Waals surface area (Å²) >= 11 is 0. The van der Waals surface area contributed by atoms with Crippen molar-refractivity contribution < 1.29 is 8.91 Å². The molecule has 3 rings (SSSR count). The van der Waals surface area contributed by atoms with Gasteiger partial charge < -0.3 is 4.52 Å². The molecule has 23 heavy (non-hydrogen) atoms. The second-order valence-electron chi connectivity index (χ2n) is 5.82. The molecule has 1 aliphatic rings. The molecule has 120 valence electrons. The van der Waals surface area contributed by atoms with Crippen molar-refractivity contribution >= 4 is 0 Å². The Labute approximate surface area is 134 Å². The Kier molecular flexibility index (Phi) is 4.37. The highest BCUT2D eigenvalue weighted by atomic mass is 19.1. The number of nitriles is 1. The summed E-state index contributed by atoms with van der Waals surface area (Å²) in [5, 5.41) is 13.0. The minimum atomic E-state index is -0.386. The van der Waals surface area contributed by atoms with E-state index in [4.69, 9.17) is 4.52 Å². The minimum absolute atomic E-state index is 0.0240. The second kappa shape index (κ2) is 6.44. The van der Waals surface area contributed by atoms with E-state index in [0.29, 0.717) is 23.8 Å². The van der Waals surface area contributed by atoms with Gasteiger partial charge in [-0.05, 0) is 31.7 Å². The van der Waals surface area contributed by atoms with Crippen LogP contribution in [0.25, 0.3) is 0 Å². The van der Waals surface area contributed by atoms with Gasteiger partial charge in [0.25, 0.3) is 0 Å². The van der Waals surface area contributed by atoms with Crippen molar-refractivity contribution in [3.8, 4) is 6.07 Å². The third-order valence-electron chi connectivity index (χ3n) is 4.15. The Morgan fingerprint density at radius 2 is 2.26 bits per heavy atom. The summed E-state index contributed by atoms with van der Waals surface area (Å²) in [4.78, 5) is 8.72. The number of hydrogen-bond acceptors (Lipinski definition) is 6. The van der Waals surface area contributed by atoms with E-state index >= 15 is 0 Å². The van der Waals surface area contributed by atoms with Gasteiger partial charge in [0.2, 0.25) is 5.89 Å². The molecule has 1 aliphatic heterocycles. The molecule has 0 aliphatic carbocycles. The zero-order valence-corrected chi connectivity index (χ0v) is 13.2. The van der Waals surface area contributed by atoms with E-state index in [1.165, 1.54) is 12.1 Å². The lowest BCUT2D eigenvalue weighted by molar-refractivity contribution is 0.0714. The molecule has 2 aromatic rings. The molecule has 2 heterocycles. The van der Waals surface area contributed by atoms with Gasteiger partial charge in [-0.3, -0.25) is 9.80 Å². The molecule has 1 atom stereocenters. The molecular formula is C16H18FN5O. The Morgan fingerprint density at radius 1 is 1.43 bits per heavy atom. The van der Waals surface area contributed by atoms with Gasteiger partial charge in [-0.1, -0.05) is 11.2 Å². The van der Waals surface area contributed by atoms with Crippen molar-refractivity contribution in [2.45, 2.75) is 19.5 Å². The third kappa shape index (κ3) is 3.38. The highest BCUT2D eigenvalue weighted by Crippen LogP contribution is 2.24. The van der Waals surface area contributed by atoms with Gasteiger partial charge in [-0.25, -0.2) is 4.39 Å². The summed E-state index contributed by atoms with van der Waals surface area (Å²) in [5.74, 6) is 0.841. The number of aromatic nitrogens is 2. The van der Waals surface area contributed by atoms with E-state index in [9.17, 15) is 9.65 Å². The standard InChI is InChI=1S/C16H18FN5O/c1-11-19-16(23-20-11)15-10-22(6-5-21(15)2)9-12-3-4-14(17)7-13(12)8-18/h3-4,7,15H,5-6,9-10H2,1-2H3/t15-/m0/s1. The van der Waals surface area contributed by atoms with Crippen LogP contribution < -0.4 is 0 Å². The molecular weight excluding hydrogens is 297 g/mol. The lowest BCUT2D eigenvalue weighted by Gasteiger charge is -2.37. The molecule has 1 aromatic heterocycles. The fraction of sp³-hybridized carbons (Fsp3) is 0.438. The number of rotatable bonds is 3. The average Bonchev–Trinajstić information content (AvgIpc) is 2.97. The maximum atomic E-state index is 13.3. The Balaban J connectivity index is 1.76. The molecule has 6 nitrogen and oxygen atoms in total. The summed E-state index contributed by atoms with van der Waals surface area (Å²) < 4.78 is 18.6. The lowest BCUT2D eigenvalue weighted by Crippen LogP contribution is -2.46. The van der Waals surface area contributed by atoms with E-state index in [0.717, 1.165) is 25.2 Å². The second-order valence-corrected chi connectivity index (χ2v) is 5.82. The molecule has 0 N–H and O–H groups in total. The number of aryl methyl sites for hydroxylation is 1. The van der Waals surface area contributed by atoms with E-state index in [1.807, 2.05) is 7.05 Å². The van der Waals surface area contributed by atoms with Crippen LogP contribution in [0.15, 0.2) is 22.7 Å². The molecule has 0 spiro atoms. The minimum Gasteiger partial charge on any atom is -0.338 e. The first kappa shape index (κ1) is 15.6. The van der Waals surface area contributed by atoms with E-state index in [-0.39, 0.29) is 11.9 Å². The highest BCUT2D eigenvalue weighted by molar-refractivity contribution is 5.37. The lowest BCUT2D eigenvalue weighted by atomic mass is 10.1. The molecule has 1 saturated heterocycles. The number of benzene rings is 1. The topological polar surface area (TPSA) is 69.2 Å². The molecule has 7 heteroatoms. The fourth-order valence-electron chi connectivity index (χ4n) is 2.82. The number of piperazine rings is 1. The van der Waals surface area contributed by atoms with Gasteiger partial charge in [-0.2, -0.15) is 10.2 Å². The van der Waals surface area contributed by atoms with Gasteiger partial charge >= 0.3 is 0 Å². The third-order valence-corrected chi connectivity index (χ3v) is 4.15. The van der Waals surface area contributed by atoms with Gasteiger partial charge in [0.05, 0.1) is 11.6 Å². The largest absolute Gasteiger partial charge is 0.338 e. The Morgan fingerprint density at radius 3 is 2.96 bits per heavy atom. The van der Waals surface area contributed by atoms with Crippen molar-refractivity contribution in [2.75, 3.05) is 26.7 Å². The summed E-state index contributed by atoms with van der Waals surface area (Å²) in [5.41, 5.74) is 1.22. The maximum absolute atomic E-state index is 13.3. The van der Waals surface area contributed by atoms with Crippen LogP contribution in [0, 0.1) is 24.1 Å². The van der Waals surface area contributed by atoms with Crippen LogP contribution in [-0.2, 0) is 6.54 Å². The summed E-state index contributed by atoms with van der Waals surface area (Å²) in [7, 11) is 2.03. The van der Waals surface area contributed by atoms with Crippen LogP contribution in [0.5, 0.6) is 0 Å². The van der Waals surface area contributed by atoms with Gasteiger partial charge in [0.1, 0.15) is 11.9 Å². The molecule has 1 fully saturated rings. The molecule has 0 saturated carbocycles. The molecule has 0 amide bonds. The highest BCUT2D eigenvalue weighted by Gasteiger charge is 2.30. The van der Waals surface area contributed by atoms with E-state index < -0.39 is 0 Å². The van der Waals surface area contributed by atoms with Crippen molar-refractivity contribution in [2.24, 2.45) is 0 Å². The Hall–Kier alpha value is -2.30. The normalized spacial score (nSPS) is 19.7. The van der Waals surface area contributed by atoms with Crippen LogP contribution in [-0.4, -0.2) is 46.6 Å². The van der Waals surface area contributed by atoms with Crippen molar-refractivity contribution in [3.05, 3.63) is 46.9 Å². The van der Waals surface area contributed by atoms with Gasteiger partial charge in [0.15, 0.2) is 5.82 Å². The fourth-order valence-corrected chi connectivity index (χ4v) is 2.82. The average molecular weight is 315 g/mol. The van der Waals surface area contributed by atoms with Crippen LogP contribution in [0.3, 0.4) is 0 Å². The first-order chi connectivity index (χ1) is 11.1. The molecule has 0 radical (unpaired) electrons.